The summed E-state index contributed by atoms with van der Waals surface area (Å²) in [6, 6.07) is 12.5. The Bertz CT molecular complexity index is 1150. The fraction of sp³-hybridized carbons (Fsp3) is 0.238. The third kappa shape index (κ3) is 5.70. The lowest BCUT2D eigenvalue weighted by molar-refractivity contribution is -0.384. The number of amides is 2. The average Bonchev–Trinajstić information content (AvgIpc) is 3.13. The number of nitro groups is 1. The van der Waals surface area contributed by atoms with Gasteiger partial charge in [-0.3, -0.25) is 19.7 Å². The van der Waals surface area contributed by atoms with E-state index >= 15 is 0 Å². The number of aryl methyl sites for hydroxylation is 1. The molecule has 10 nitrogen and oxygen atoms in total. The largest absolute Gasteiger partial charge is 0.342 e. The first-order valence-electron chi connectivity index (χ1n) is 9.68. The van der Waals surface area contributed by atoms with Crippen LogP contribution in [0.5, 0.6) is 0 Å². The van der Waals surface area contributed by atoms with E-state index in [4.69, 9.17) is 0 Å². The van der Waals surface area contributed by atoms with E-state index in [1.54, 1.807) is 17.7 Å². The maximum atomic E-state index is 12.5. The van der Waals surface area contributed by atoms with E-state index in [-0.39, 0.29) is 29.3 Å². The molecule has 0 aliphatic carbocycles. The molecule has 1 heterocycles. The van der Waals surface area contributed by atoms with E-state index < -0.39 is 4.92 Å². The van der Waals surface area contributed by atoms with Crippen LogP contribution in [0.2, 0.25) is 0 Å². The highest BCUT2D eigenvalue weighted by Gasteiger charge is 2.19. The smallest absolute Gasteiger partial charge is 0.269 e. The Balaban J connectivity index is 1.56. The number of rotatable bonds is 8. The number of nitrogens with one attached hydrogen (secondary N) is 2. The minimum atomic E-state index is -0.503. The summed E-state index contributed by atoms with van der Waals surface area (Å²) in [6.45, 7) is 3.73. The van der Waals surface area contributed by atoms with Gasteiger partial charge in [0.05, 0.1) is 16.7 Å². The highest BCUT2D eigenvalue weighted by Crippen LogP contribution is 2.20. The molecule has 1 atom stereocenters. The van der Waals surface area contributed by atoms with E-state index in [2.05, 4.69) is 20.8 Å². The van der Waals surface area contributed by atoms with Crippen LogP contribution in [0, 0.1) is 17.0 Å². The van der Waals surface area contributed by atoms with Crippen LogP contribution in [0.4, 0.5) is 11.4 Å². The molecular weight excluding hydrogens is 432 g/mol. The molecule has 0 radical (unpaired) electrons. The van der Waals surface area contributed by atoms with Gasteiger partial charge < -0.3 is 15.2 Å². The van der Waals surface area contributed by atoms with Crippen LogP contribution < -0.4 is 10.6 Å². The Morgan fingerprint density at radius 1 is 1.19 bits per heavy atom. The molecule has 1 aromatic heterocycles. The first-order chi connectivity index (χ1) is 15.2. The topological polar surface area (TPSA) is 132 Å². The molecule has 0 bridgehead atoms. The van der Waals surface area contributed by atoms with E-state index in [9.17, 15) is 19.7 Å². The number of carbonyl (C=O) groups excluding carboxylic acids is 2. The predicted molar refractivity (Wildman–Crippen MR) is 121 cm³/mol. The number of non-ortho nitro benzene ring substituents is 1. The summed E-state index contributed by atoms with van der Waals surface area (Å²) in [5.74, 6) is 0.145. The Labute approximate surface area is 188 Å². The maximum absolute atomic E-state index is 12.5. The lowest BCUT2D eigenvalue weighted by atomic mass is 10.1. The number of nitrogens with zero attached hydrogens (tertiary/aromatic N) is 4. The molecule has 2 aromatic carbocycles. The third-order valence-electron chi connectivity index (χ3n) is 4.58. The van der Waals surface area contributed by atoms with Crippen LogP contribution >= 0.6 is 11.8 Å². The molecule has 2 N–H and O–H groups in total. The van der Waals surface area contributed by atoms with Crippen LogP contribution in [0.3, 0.4) is 0 Å². The van der Waals surface area contributed by atoms with Crippen molar-refractivity contribution in [2.24, 2.45) is 7.05 Å². The monoisotopic (exact) mass is 454 g/mol. The van der Waals surface area contributed by atoms with Crippen LogP contribution in [0.25, 0.3) is 0 Å². The van der Waals surface area contributed by atoms with Crippen molar-refractivity contribution in [3.63, 3.8) is 0 Å². The van der Waals surface area contributed by atoms with Crippen molar-refractivity contribution >= 4 is 35.0 Å². The summed E-state index contributed by atoms with van der Waals surface area (Å²) < 4.78 is 1.73. The Morgan fingerprint density at radius 2 is 1.91 bits per heavy atom. The number of thioether (sulfide) groups is 1. The van der Waals surface area contributed by atoms with Gasteiger partial charge in [0, 0.05) is 30.4 Å². The normalized spacial score (nSPS) is 11.6. The number of carbonyl (C=O) groups is 2. The molecule has 32 heavy (non-hydrogen) atoms. The molecule has 0 unspecified atom stereocenters. The summed E-state index contributed by atoms with van der Waals surface area (Å²) >= 11 is 1.19. The van der Waals surface area contributed by atoms with E-state index in [1.165, 1.54) is 36.0 Å². The molecule has 2 amide bonds. The summed E-state index contributed by atoms with van der Waals surface area (Å²) in [6.07, 6.45) is 0. The van der Waals surface area contributed by atoms with E-state index in [0.717, 1.165) is 5.56 Å². The van der Waals surface area contributed by atoms with Crippen molar-refractivity contribution in [1.29, 1.82) is 0 Å². The molecule has 0 aliphatic heterocycles. The van der Waals surface area contributed by atoms with Gasteiger partial charge in [-0.2, -0.15) is 0 Å². The Kier molecular flexibility index (Phi) is 7.21. The van der Waals surface area contributed by atoms with Gasteiger partial charge in [0.15, 0.2) is 11.0 Å². The van der Waals surface area contributed by atoms with Gasteiger partial charge in [0.1, 0.15) is 0 Å². The van der Waals surface area contributed by atoms with E-state index in [1.807, 2.05) is 32.0 Å². The van der Waals surface area contributed by atoms with Crippen molar-refractivity contribution < 1.29 is 14.5 Å². The van der Waals surface area contributed by atoms with Crippen LogP contribution in [-0.4, -0.2) is 37.3 Å². The van der Waals surface area contributed by atoms with Crippen LogP contribution in [0.15, 0.2) is 53.7 Å². The van der Waals surface area contributed by atoms with Crippen molar-refractivity contribution in [2.45, 2.75) is 25.0 Å². The number of nitro benzene ring substituents is 1. The SMILES string of the molecule is Cc1cccc(C(=O)N[C@H](C)c2nnc(SCC(=O)Nc3ccc([N+](=O)[O-])cc3)n2C)c1. The van der Waals surface area contributed by atoms with Gasteiger partial charge >= 0.3 is 0 Å². The summed E-state index contributed by atoms with van der Waals surface area (Å²) in [5, 5.41) is 25.1. The van der Waals surface area contributed by atoms with Crippen LogP contribution in [-0.2, 0) is 11.8 Å². The lowest BCUT2D eigenvalue weighted by Gasteiger charge is -2.14. The number of hydrogen-bond acceptors (Lipinski definition) is 7. The molecule has 0 spiro atoms. The second kappa shape index (κ2) is 10.1. The fourth-order valence-electron chi connectivity index (χ4n) is 2.95. The minimum Gasteiger partial charge on any atom is -0.342 e. The standard InChI is InChI=1S/C21H22N6O4S/c1-13-5-4-6-15(11-13)20(29)22-14(2)19-24-25-21(26(19)3)32-12-18(28)23-16-7-9-17(10-8-16)27(30)31/h4-11,14H,12H2,1-3H3,(H,22,29)(H,23,28)/t14-/m1/s1. The van der Waals surface area contributed by atoms with Gasteiger partial charge in [-0.15, -0.1) is 10.2 Å². The first-order valence-corrected chi connectivity index (χ1v) is 10.7. The zero-order valence-electron chi connectivity index (χ0n) is 17.7. The number of anilines is 1. The van der Waals surface area contributed by atoms with Gasteiger partial charge in [0.25, 0.3) is 11.6 Å². The Hall–Kier alpha value is -3.73. The minimum absolute atomic E-state index is 0.0485. The fourth-order valence-corrected chi connectivity index (χ4v) is 3.67. The van der Waals surface area contributed by atoms with Crippen molar-refractivity contribution in [3.05, 3.63) is 75.6 Å². The summed E-state index contributed by atoms with van der Waals surface area (Å²) in [7, 11) is 1.77. The molecule has 166 valence electrons. The van der Waals surface area contributed by atoms with Gasteiger partial charge in [0.2, 0.25) is 5.91 Å². The van der Waals surface area contributed by atoms with Crippen LogP contribution in [0.1, 0.15) is 34.7 Å². The van der Waals surface area contributed by atoms with Crippen molar-refractivity contribution in [2.75, 3.05) is 11.1 Å². The molecule has 3 rings (SSSR count). The number of hydrogen-bond donors (Lipinski definition) is 2. The first kappa shape index (κ1) is 22.9. The van der Waals surface area contributed by atoms with Crippen molar-refractivity contribution in [1.82, 2.24) is 20.1 Å². The van der Waals surface area contributed by atoms with Gasteiger partial charge in [-0.1, -0.05) is 29.5 Å². The molecule has 11 heteroatoms. The zero-order chi connectivity index (χ0) is 23.3. The molecule has 3 aromatic rings. The molecule has 0 fully saturated rings. The number of aromatic nitrogens is 3. The quantitative estimate of drug-likeness (QED) is 0.303. The van der Waals surface area contributed by atoms with Crippen molar-refractivity contribution in [3.8, 4) is 0 Å². The lowest BCUT2D eigenvalue weighted by Crippen LogP contribution is -2.28. The highest BCUT2D eigenvalue weighted by molar-refractivity contribution is 7.99. The maximum Gasteiger partial charge on any atom is 0.269 e. The summed E-state index contributed by atoms with van der Waals surface area (Å²) in [5.41, 5.74) is 1.98. The Morgan fingerprint density at radius 3 is 2.56 bits per heavy atom. The molecule has 0 aliphatic rings. The number of benzene rings is 2. The molecular formula is C21H22N6O4S. The second-order valence-corrected chi connectivity index (χ2v) is 8.05. The summed E-state index contributed by atoms with van der Waals surface area (Å²) in [4.78, 5) is 34.9. The highest BCUT2D eigenvalue weighted by atomic mass is 32.2. The second-order valence-electron chi connectivity index (χ2n) is 7.11. The molecule has 0 saturated carbocycles. The predicted octanol–water partition coefficient (Wildman–Crippen LogP) is 3.25. The average molecular weight is 455 g/mol. The van der Waals surface area contributed by atoms with Gasteiger partial charge in [-0.05, 0) is 38.1 Å². The van der Waals surface area contributed by atoms with E-state index in [0.29, 0.717) is 22.2 Å². The van der Waals surface area contributed by atoms with Gasteiger partial charge in [-0.25, -0.2) is 0 Å². The zero-order valence-corrected chi connectivity index (χ0v) is 18.5. The third-order valence-corrected chi connectivity index (χ3v) is 5.60. The molecule has 0 saturated heterocycles.